The Morgan fingerprint density at radius 1 is 0.588 bits per heavy atom. The molecular formula is C32H44HfSi. The Morgan fingerprint density at radius 2 is 0.941 bits per heavy atom. The van der Waals surface area contributed by atoms with E-state index >= 15 is 0 Å². The summed E-state index contributed by atoms with van der Waals surface area (Å²) in [5, 5.41) is 0. The second kappa shape index (κ2) is 9.81. The number of fused-ring (bicyclic) bond motifs is 2. The van der Waals surface area contributed by atoms with E-state index < -0.39 is 20.1 Å². The van der Waals surface area contributed by atoms with E-state index in [0.717, 1.165) is 0 Å². The second-order valence-electron chi connectivity index (χ2n) is 12.1. The predicted octanol–water partition coefficient (Wildman–Crippen LogP) is 8.96. The van der Waals surface area contributed by atoms with Crippen molar-refractivity contribution in [1.29, 1.82) is 0 Å². The molecule has 0 saturated heterocycles. The molecule has 2 heteroatoms. The van der Waals surface area contributed by atoms with Crippen molar-refractivity contribution in [3.8, 4) is 0 Å². The van der Waals surface area contributed by atoms with Crippen molar-refractivity contribution in [3.05, 3.63) is 79.9 Å². The zero-order valence-corrected chi connectivity index (χ0v) is 28.1. The van der Waals surface area contributed by atoms with Crippen LogP contribution in [-0.2, 0) is 20.1 Å². The van der Waals surface area contributed by atoms with Gasteiger partial charge >= 0.3 is 219 Å². The van der Waals surface area contributed by atoms with E-state index in [4.69, 9.17) is 0 Å². The first-order chi connectivity index (χ1) is 15.9. The Labute approximate surface area is 218 Å². The van der Waals surface area contributed by atoms with Gasteiger partial charge in [-0.05, 0) is 0 Å². The molecule has 0 amide bonds. The van der Waals surface area contributed by atoms with Gasteiger partial charge in [-0.15, -0.1) is 0 Å². The summed E-state index contributed by atoms with van der Waals surface area (Å²) in [5.41, 5.74) is 15.9. The van der Waals surface area contributed by atoms with Gasteiger partial charge in [0.1, 0.15) is 0 Å². The quantitative estimate of drug-likeness (QED) is 0.278. The molecule has 34 heavy (non-hydrogen) atoms. The van der Waals surface area contributed by atoms with E-state index in [1.165, 1.54) is 11.1 Å². The molecule has 0 nitrogen and oxygen atoms in total. The summed E-state index contributed by atoms with van der Waals surface area (Å²) in [7, 11) is 0. The molecule has 0 spiro atoms. The van der Waals surface area contributed by atoms with Crippen molar-refractivity contribution in [2.24, 2.45) is 0 Å². The van der Waals surface area contributed by atoms with Gasteiger partial charge in [0.25, 0.3) is 0 Å². The molecular weight excluding hydrogens is 591 g/mol. The van der Waals surface area contributed by atoms with Crippen LogP contribution in [0.15, 0.2) is 35.4 Å². The summed E-state index contributed by atoms with van der Waals surface area (Å²) in [6.07, 6.45) is 5.13. The molecule has 180 valence electrons. The molecule has 0 fully saturated rings. The average molecular weight is 635 g/mol. The van der Waals surface area contributed by atoms with E-state index in [1.807, 2.05) is 0 Å². The number of allylic oxidation sites excluding steroid dienone is 2. The van der Waals surface area contributed by atoms with Gasteiger partial charge in [0.05, 0.1) is 0 Å². The van der Waals surface area contributed by atoms with E-state index in [1.54, 1.807) is 44.5 Å². The molecule has 0 N–H and O–H groups in total. The average Bonchev–Trinajstić information content (AvgIpc) is 3.26. The molecule has 2 aromatic rings. The van der Waals surface area contributed by atoms with Gasteiger partial charge in [-0.3, -0.25) is 0 Å². The van der Waals surface area contributed by atoms with Crippen LogP contribution in [0.1, 0.15) is 145 Å². The van der Waals surface area contributed by atoms with Gasteiger partial charge < -0.3 is 0 Å². The molecule has 0 radical (unpaired) electrons. The third-order valence-electron chi connectivity index (χ3n) is 8.13. The van der Waals surface area contributed by atoms with Crippen LogP contribution in [0, 0.1) is 0 Å². The van der Waals surface area contributed by atoms with Gasteiger partial charge in [0, 0.05) is 0 Å². The molecule has 2 aromatic carbocycles. The Morgan fingerprint density at radius 3 is 1.24 bits per heavy atom. The van der Waals surface area contributed by atoms with Crippen LogP contribution in [-0.4, -0.2) is 6.94 Å². The molecule has 2 unspecified atom stereocenters. The summed E-state index contributed by atoms with van der Waals surface area (Å²) < 4.78 is 1.41. The Hall–Kier alpha value is -0.993. The fourth-order valence-electron chi connectivity index (χ4n) is 6.14. The summed E-state index contributed by atoms with van der Waals surface area (Å²) in [6, 6.07) is 10.2. The topological polar surface area (TPSA) is 0 Å². The number of hydrogen-bond acceptors (Lipinski definition) is 0. The third kappa shape index (κ3) is 4.47. The molecule has 2 atom stereocenters. The van der Waals surface area contributed by atoms with Gasteiger partial charge in [-0.25, -0.2) is 0 Å². The van der Waals surface area contributed by atoms with Crippen molar-refractivity contribution in [1.82, 2.24) is 0 Å². The summed E-state index contributed by atoms with van der Waals surface area (Å²) in [5.74, 6) is 2.29. The van der Waals surface area contributed by atoms with Gasteiger partial charge in [0.15, 0.2) is 0 Å². The van der Waals surface area contributed by atoms with Crippen LogP contribution in [0.25, 0.3) is 12.2 Å². The fourth-order valence-corrected chi connectivity index (χ4v) is 25.6. The molecule has 4 rings (SSSR count). The molecule has 0 saturated carbocycles. The van der Waals surface area contributed by atoms with Gasteiger partial charge in [-0.2, -0.15) is 0 Å². The minimum atomic E-state index is -2.16. The molecule has 0 aliphatic heterocycles. The minimum absolute atomic E-state index is 0.569. The third-order valence-corrected chi connectivity index (χ3v) is 25.6. The monoisotopic (exact) mass is 636 g/mol. The molecule has 2 aliphatic rings. The maximum absolute atomic E-state index is 2.60. The Balaban J connectivity index is 1.86. The molecule has 2 aliphatic carbocycles. The van der Waals surface area contributed by atoms with Crippen LogP contribution >= 0.6 is 0 Å². The number of hydrogen-bond donors (Lipinski definition) is 0. The first-order valence-corrected chi connectivity index (χ1v) is 25.8. The normalized spacial score (nSPS) is 19.2. The van der Waals surface area contributed by atoms with E-state index in [9.17, 15) is 0 Å². The summed E-state index contributed by atoms with van der Waals surface area (Å²) in [6.45, 7) is 26.2. The molecule has 0 aromatic heterocycles. The van der Waals surface area contributed by atoms with Crippen LogP contribution in [0.3, 0.4) is 0 Å². The van der Waals surface area contributed by atoms with Crippen LogP contribution in [0.2, 0.25) is 0 Å². The van der Waals surface area contributed by atoms with E-state index in [0.29, 0.717) is 31.0 Å². The number of benzene rings is 2. The zero-order chi connectivity index (χ0) is 25.1. The van der Waals surface area contributed by atoms with Crippen molar-refractivity contribution in [2.75, 3.05) is 0 Å². The van der Waals surface area contributed by atoms with Gasteiger partial charge in [0.2, 0.25) is 0 Å². The molecule has 0 heterocycles. The predicted molar refractivity (Wildman–Crippen MR) is 151 cm³/mol. The number of rotatable bonds is 6. The fraction of sp³-hybridized carbons (Fsp3) is 0.500. The molecule has 0 bridgehead atoms. The van der Waals surface area contributed by atoms with Crippen molar-refractivity contribution >= 4 is 19.1 Å². The second-order valence-corrected chi connectivity index (χ2v) is 27.0. The van der Waals surface area contributed by atoms with Crippen molar-refractivity contribution < 1.29 is 20.1 Å². The first kappa shape index (κ1) is 26.1. The van der Waals surface area contributed by atoms with Gasteiger partial charge in [-0.1, -0.05) is 0 Å². The van der Waals surface area contributed by atoms with Crippen LogP contribution in [0.5, 0.6) is 0 Å². The van der Waals surface area contributed by atoms with Crippen molar-refractivity contribution in [2.45, 2.75) is 100 Å². The summed E-state index contributed by atoms with van der Waals surface area (Å²) >= 11 is -2.16. The Kier molecular flexibility index (Phi) is 7.53. The first-order valence-electron chi connectivity index (χ1n) is 13.3. The van der Waals surface area contributed by atoms with E-state index in [-0.39, 0.29) is 0 Å². The maximum atomic E-state index is 2.60. The standard InChI is InChI=1S/2C16H21.Hf.H2Si/c2*1-10(2)13-8-14-6-12(5)7-16(14)15(9-13)11(3)4;;/h2*6-11H,1-5H3;;1H2. The Bertz CT molecular complexity index is 1110. The summed E-state index contributed by atoms with van der Waals surface area (Å²) in [4.78, 5) is 0. The zero-order valence-electron chi connectivity index (χ0n) is 23.1. The van der Waals surface area contributed by atoms with Crippen molar-refractivity contribution in [3.63, 3.8) is 0 Å². The SMILES string of the molecule is CC1=Cc2c(C(C)C)cc(C(C)C)cc2[CH]1[Hf](=[SiH2])[CH]1C(C)=Cc2c(C(C)C)cc(C(C)C)cc21. The van der Waals surface area contributed by atoms with Crippen LogP contribution < -0.4 is 0 Å². The van der Waals surface area contributed by atoms with Crippen LogP contribution in [0.4, 0.5) is 0 Å². The van der Waals surface area contributed by atoms with E-state index in [2.05, 4.69) is 113 Å².